The average Bonchev–Trinajstić information content (AvgIpc) is 3.12. The van der Waals surface area contributed by atoms with Gasteiger partial charge in [0.05, 0.1) is 16.8 Å². The van der Waals surface area contributed by atoms with Gasteiger partial charge >= 0.3 is 0 Å². The third-order valence-corrected chi connectivity index (χ3v) is 5.57. The second kappa shape index (κ2) is 7.58. The lowest BCUT2D eigenvalue weighted by molar-refractivity contribution is -0.136. The number of benzene rings is 1. The number of likely N-dealkylation sites (tertiary alicyclic amines) is 1. The highest BCUT2D eigenvalue weighted by Gasteiger charge is 2.29. The van der Waals surface area contributed by atoms with Crippen LogP contribution in [0.2, 0.25) is 0 Å². The fourth-order valence-electron chi connectivity index (χ4n) is 3.98. The summed E-state index contributed by atoms with van der Waals surface area (Å²) in [5.41, 5.74) is 0.585. The van der Waals surface area contributed by atoms with Gasteiger partial charge in [0.15, 0.2) is 0 Å². The first-order chi connectivity index (χ1) is 13.5. The minimum atomic E-state index is -0.129. The number of aromatic nitrogens is 4. The van der Waals surface area contributed by atoms with E-state index >= 15 is 0 Å². The van der Waals surface area contributed by atoms with E-state index in [-0.39, 0.29) is 23.3 Å². The summed E-state index contributed by atoms with van der Waals surface area (Å²) in [6.45, 7) is 5.86. The van der Waals surface area contributed by atoms with Gasteiger partial charge in [-0.25, -0.2) is 9.97 Å². The van der Waals surface area contributed by atoms with Crippen molar-refractivity contribution < 1.29 is 4.79 Å². The second-order valence-electron chi connectivity index (χ2n) is 7.62. The molecule has 0 unspecified atom stereocenters. The second-order valence-corrected chi connectivity index (χ2v) is 7.62. The number of aromatic amines is 1. The predicted molar refractivity (Wildman–Crippen MR) is 107 cm³/mol. The number of nitrogens with zero attached hydrogens (tertiary/aromatic N) is 4. The molecule has 1 saturated heterocycles. The molecule has 0 bridgehead atoms. The van der Waals surface area contributed by atoms with E-state index in [1.807, 2.05) is 47.7 Å². The maximum absolute atomic E-state index is 13.0. The Balaban J connectivity index is 1.50. The van der Waals surface area contributed by atoms with Crippen molar-refractivity contribution in [2.45, 2.75) is 39.2 Å². The number of carbonyl (C=O) groups is 1. The van der Waals surface area contributed by atoms with Gasteiger partial charge in [0.2, 0.25) is 5.91 Å². The van der Waals surface area contributed by atoms with Gasteiger partial charge in [-0.2, -0.15) is 0 Å². The van der Waals surface area contributed by atoms with Crippen LogP contribution in [0.3, 0.4) is 0 Å². The van der Waals surface area contributed by atoms with Crippen molar-refractivity contribution >= 4 is 16.8 Å². The molecular formula is C21H25N5O2. The molecule has 1 fully saturated rings. The van der Waals surface area contributed by atoms with Crippen molar-refractivity contribution in [3.05, 3.63) is 58.7 Å². The number of aryl methyl sites for hydroxylation is 1. The molecule has 1 aliphatic rings. The van der Waals surface area contributed by atoms with Crippen molar-refractivity contribution in [2.24, 2.45) is 5.92 Å². The van der Waals surface area contributed by atoms with Crippen LogP contribution in [0, 0.1) is 12.8 Å². The predicted octanol–water partition coefficient (Wildman–Crippen LogP) is 2.47. The molecule has 28 heavy (non-hydrogen) atoms. The first-order valence-corrected chi connectivity index (χ1v) is 9.78. The molecule has 1 aliphatic heterocycles. The quantitative estimate of drug-likeness (QED) is 0.755. The maximum Gasteiger partial charge on any atom is 0.258 e. The topological polar surface area (TPSA) is 83.9 Å². The fourth-order valence-corrected chi connectivity index (χ4v) is 3.98. The first-order valence-electron chi connectivity index (χ1n) is 9.78. The molecule has 1 amide bonds. The third kappa shape index (κ3) is 3.56. The summed E-state index contributed by atoms with van der Waals surface area (Å²) in [5.74, 6) is 1.65. The van der Waals surface area contributed by atoms with Gasteiger partial charge in [-0.15, -0.1) is 0 Å². The molecule has 0 saturated carbocycles. The number of hydrogen-bond acceptors (Lipinski definition) is 4. The zero-order valence-corrected chi connectivity index (χ0v) is 16.3. The lowest BCUT2D eigenvalue weighted by Crippen LogP contribution is -2.43. The van der Waals surface area contributed by atoms with E-state index in [1.54, 1.807) is 12.3 Å². The highest BCUT2D eigenvalue weighted by atomic mass is 16.2. The van der Waals surface area contributed by atoms with Gasteiger partial charge in [-0.05, 0) is 31.9 Å². The molecule has 2 atom stereocenters. The van der Waals surface area contributed by atoms with E-state index in [0.717, 1.165) is 25.2 Å². The largest absolute Gasteiger partial charge is 0.342 e. The van der Waals surface area contributed by atoms with E-state index in [0.29, 0.717) is 29.8 Å². The van der Waals surface area contributed by atoms with Gasteiger partial charge in [0.1, 0.15) is 11.6 Å². The normalized spacial score (nSPS) is 18.4. The molecular weight excluding hydrogens is 354 g/mol. The fraction of sp³-hybridized carbons (Fsp3) is 0.429. The number of carbonyl (C=O) groups excluding carboxylic acids is 1. The number of hydrogen-bond donors (Lipinski definition) is 1. The number of imidazole rings is 1. The lowest BCUT2D eigenvalue weighted by atomic mass is 9.95. The molecule has 3 heterocycles. The Bertz CT molecular complexity index is 1050. The number of piperidine rings is 1. The molecule has 0 spiro atoms. The Hall–Kier alpha value is -2.96. The van der Waals surface area contributed by atoms with Gasteiger partial charge < -0.3 is 14.5 Å². The molecule has 7 nitrogen and oxygen atoms in total. The van der Waals surface area contributed by atoms with E-state index in [9.17, 15) is 9.59 Å². The highest BCUT2D eigenvalue weighted by molar-refractivity contribution is 5.79. The van der Waals surface area contributed by atoms with Crippen LogP contribution in [0.1, 0.15) is 37.3 Å². The van der Waals surface area contributed by atoms with Crippen molar-refractivity contribution in [2.75, 3.05) is 13.1 Å². The zero-order chi connectivity index (χ0) is 19.7. The summed E-state index contributed by atoms with van der Waals surface area (Å²) < 4.78 is 2.01. The van der Waals surface area contributed by atoms with Crippen LogP contribution in [0.5, 0.6) is 0 Å². The van der Waals surface area contributed by atoms with Crippen LogP contribution < -0.4 is 5.56 Å². The number of nitrogens with one attached hydrogen (secondary N) is 1. The van der Waals surface area contributed by atoms with E-state index in [4.69, 9.17) is 0 Å². The van der Waals surface area contributed by atoms with Crippen LogP contribution in [0.4, 0.5) is 0 Å². The van der Waals surface area contributed by atoms with Gasteiger partial charge in [-0.1, -0.05) is 19.1 Å². The van der Waals surface area contributed by atoms with Crippen molar-refractivity contribution in [3.63, 3.8) is 0 Å². The Morgan fingerprint density at radius 2 is 2.18 bits per heavy atom. The Kier molecular flexibility index (Phi) is 4.98. The number of amides is 1. The summed E-state index contributed by atoms with van der Waals surface area (Å²) >= 11 is 0. The monoisotopic (exact) mass is 379 g/mol. The van der Waals surface area contributed by atoms with Crippen LogP contribution in [-0.4, -0.2) is 43.4 Å². The van der Waals surface area contributed by atoms with E-state index < -0.39 is 0 Å². The van der Waals surface area contributed by atoms with E-state index in [2.05, 4.69) is 15.0 Å². The zero-order valence-electron chi connectivity index (χ0n) is 16.3. The summed E-state index contributed by atoms with van der Waals surface area (Å²) in [4.78, 5) is 39.1. The lowest BCUT2D eigenvalue weighted by Gasteiger charge is -2.34. The third-order valence-electron chi connectivity index (χ3n) is 5.57. The minimum absolute atomic E-state index is 0.0530. The number of para-hydroxylation sites is 1. The summed E-state index contributed by atoms with van der Waals surface area (Å²) in [6, 6.07) is 7.36. The first kappa shape index (κ1) is 18.4. The average molecular weight is 379 g/mol. The Morgan fingerprint density at radius 3 is 2.96 bits per heavy atom. The summed E-state index contributed by atoms with van der Waals surface area (Å²) in [7, 11) is 0. The molecule has 4 rings (SSSR count). The van der Waals surface area contributed by atoms with Crippen molar-refractivity contribution in [3.8, 4) is 0 Å². The molecule has 0 aliphatic carbocycles. The van der Waals surface area contributed by atoms with Gasteiger partial charge in [0.25, 0.3) is 5.56 Å². The minimum Gasteiger partial charge on any atom is -0.342 e. The summed E-state index contributed by atoms with van der Waals surface area (Å²) in [5, 5.41) is 0.597. The molecule has 1 N–H and O–H groups in total. The number of rotatable bonds is 4. The van der Waals surface area contributed by atoms with Crippen molar-refractivity contribution in [1.82, 2.24) is 24.4 Å². The van der Waals surface area contributed by atoms with Gasteiger partial charge in [0, 0.05) is 37.9 Å². The molecule has 146 valence electrons. The molecule has 2 aromatic heterocycles. The number of fused-ring (bicyclic) bond motifs is 1. The number of H-pyrrole nitrogens is 1. The Labute approximate surface area is 163 Å². The SMILES string of the molecule is Cc1nccn1C[C@H](C)C(=O)N1CCC[C@H](c2nc3ccccc3c(=O)[nH]2)C1. The van der Waals surface area contributed by atoms with Crippen LogP contribution in [-0.2, 0) is 11.3 Å². The van der Waals surface area contributed by atoms with Crippen molar-refractivity contribution in [1.29, 1.82) is 0 Å². The molecule has 3 aromatic rings. The highest BCUT2D eigenvalue weighted by Crippen LogP contribution is 2.26. The van der Waals surface area contributed by atoms with E-state index in [1.165, 1.54) is 0 Å². The smallest absolute Gasteiger partial charge is 0.258 e. The Morgan fingerprint density at radius 1 is 1.36 bits per heavy atom. The van der Waals surface area contributed by atoms with Crippen LogP contribution in [0.25, 0.3) is 10.9 Å². The van der Waals surface area contributed by atoms with Crippen LogP contribution in [0.15, 0.2) is 41.5 Å². The van der Waals surface area contributed by atoms with Gasteiger partial charge in [-0.3, -0.25) is 9.59 Å². The molecule has 0 radical (unpaired) electrons. The molecule has 7 heteroatoms. The van der Waals surface area contributed by atoms with Crippen LogP contribution >= 0.6 is 0 Å². The maximum atomic E-state index is 13.0. The molecule has 1 aromatic carbocycles. The standard InChI is InChI=1S/C21H25N5O2/c1-14(12-25-11-9-22-15(25)2)21(28)26-10-5-6-16(13-26)19-23-18-8-4-3-7-17(18)20(27)24-19/h3-4,7-9,11,14,16H,5-6,10,12-13H2,1-2H3,(H,23,24,27)/t14-,16-/m0/s1. The summed E-state index contributed by atoms with van der Waals surface area (Å²) in [6.07, 6.45) is 5.48.